The van der Waals surface area contributed by atoms with Crippen molar-refractivity contribution in [2.45, 2.75) is 39.7 Å². The van der Waals surface area contributed by atoms with Crippen LogP contribution in [0.3, 0.4) is 0 Å². The van der Waals surface area contributed by atoms with Crippen molar-refractivity contribution in [3.8, 4) is 11.4 Å². The maximum absolute atomic E-state index is 6.05. The third-order valence-corrected chi connectivity index (χ3v) is 4.17. The Labute approximate surface area is 112 Å². The van der Waals surface area contributed by atoms with Gasteiger partial charge in [0.2, 0.25) is 0 Å². The molecule has 5 heteroatoms. The van der Waals surface area contributed by atoms with Gasteiger partial charge in [0.25, 0.3) is 0 Å². The minimum atomic E-state index is 0.405. The second-order valence-corrected chi connectivity index (χ2v) is 5.60. The number of rotatable bonds is 4. The fourth-order valence-electron chi connectivity index (χ4n) is 2.49. The van der Waals surface area contributed by atoms with Crippen LogP contribution in [0.2, 0.25) is 0 Å². The largest absolute Gasteiger partial charge is 0.398 e. The molecule has 19 heavy (non-hydrogen) atoms. The second kappa shape index (κ2) is 4.33. The smallest absolute Gasteiger partial charge is 0.184 e. The summed E-state index contributed by atoms with van der Waals surface area (Å²) in [5, 5.41) is 12.1. The number of hydrogen-bond donors (Lipinski definition) is 1. The molecule has 1 heterocycles. The zero-order chi connectivity index (χ0) is 13.5. The zero-order valence-electron chi connectivity index (χ0n) is 11.4. The molecule has 1 aromatic carbocycles. The Morgan fingerprint density at radius 2 is 2.16 bits per heavy atom. The van der Waals surface area contributed by atoms with Crippen molar-refractivity contribution in [3.63, 3.8) is 0 Å². The summed E-state index contributed by atoms with van der Waals surface area (Å²) in [7, 11) is 0. The lowest BCUT2D eigenvalue weighted by molar-refractivity contribution is 0.382. The quantitative estimate of drug-likeness (QED) is 0.854. The van der Waals surface area contributed by atoms with Crippen LogP contribution in [0.4, 0.5) is 5.69 Å². The zero-order valence-corrected chi connectivity index (χ0v) is 11.4. The Bertz CT molecular complexity index is 598. The first kappa shape index (κ1) is 12.1. The van der Waals surface area contributed by atoms with Crippen molar-refractivity contribution >= 4 is 5.69 Å². The molecule has 0 unspecified atom stereocenters. The van der Waals surface area contributed by atoms with Crippen LogP contribution in [0.5, 0.6) is 0 Å². The van der Waals surface area contributed by atoms with Gasteiger partial charge in [-0.3, -0.25) is 0 Å². The Kier molecular flexibility index (Phi) is 2.77. The molecule has 100 valence electrons. The molecule has 1 aliphatic carbocycles. The molecule has 2 N–H and O–H groups in total. The lowest BCUT2D eigenvalue weighted by Gasteiger charge is -2.13. The van der Waals surface area contributed by atoms with Crippen molar-refractivity contribution < 1.29 is 0 Å². The van der Waals surface area contributed by atoms with E-state index in [1.807, 2.05) is 29.8 Å². The standard InChI is InChI=1S/C14H19N5/c1-3-14(6-7-14)9-19-13(16-17-18-19)11-8-10(2)4-5-12(11)15/h4-5,8H,3,6-7,9,15H2,1-2H3. The summed E-state index contributed by atoms with van der Waals surface area (Å²) in [5.74, 6) is 0.779. The van der Waals surface area contributed by atoms with E-state index in [9.17, 15) is 0 Å². The second-order valence-electron chi connectivity index (χ2n) is 5.60. The number of nitrogens with zero attached hydrogens (tertiary/aromatic N) is 4. The number of tetrazole rings is 1. The van der Waals surface area contributed by atoms with Gasteiger partial charge in [-0.1, -0.05) is 18.6 Å². The molecule has 0 saturated heterocycles. The van der Waals surface area contributed by atoms with Gasteiger partial charge in [-0.25, -0.2) is 4.68 Å². The monoisotopic (exact) mass is 257 g/mol. The van der Waals surface area contributed by atoms with Gasteiger partial charge in [0.15, 0.2) is 5.82 Å². The lowest BCUT2D eigenvalue weighted by Crippen LogP contribution is -2.13. The molecule has 0 spiro atoms. The van der Waals surface area contributed by atoms with Crippen LogP contribution >= 0.6 is 0 Å². The van der Waals surface area contributed by atoms with Gasteiger partial charge in [0.05, 0.1) is 6.54 Å². The fraction of sp³-hybridized carbons (Fsp3) is 0.500. The first-order valence-corrected chi connectivity index (χ1v) is 6.76. The van der Waals surface area contributed by atoms with E-state index < -0.39 is 0 Å². The normalized spacial score (nSPS) is 16.5. The third-order valence-electron chi connectivity index (χ3n) is 4.17. The summed E-state index contributed by atoms with van der Waals surface area (Å²) in [4.78, 5) is 0. The molecule has 1 aliphatic rings. The van der Waals surface area contributed by atoms with Crippen LogP contribution in [-0.2, 0) is 6.54 Å². The molecule has 0 bridgehead atoms. The van der Waals surface area contributed by atoms with Crippen LogP contribution in [-0.4, -0.2) is 20.2 Å². The van der Waals surface area contributed by atoms with Gasteiger partial charge in [-0.05, 0) is 54.2 Å². The van der Waals surface area contributed by atoms with E-state index in [-0.39, 0.29) is 0 Å². The minimum Gasteiger partial charge on any atom is -0.398 e. The molecule has 1 aromatic heterocycles. The van der Waals surface area contributed by atoms with Crippen LogP contribution in [0.25, 0.3) is 11.4 Å². The van der Waals surface area contributed by atoms with Crippen molar-refractivity contribution in [1.29, 1.82) is 0 Å². The predicted octanol–water partition coefficient (Wildman–Crippen LogP) is 2.42. The number of aromatic nitrogens is 4. The van der Waals surface area contributed by atoms with E-state index in [4.69, 9.17) is 5.73 Å². The van der Waals surface area contributed by atoms with E-state index in [1.54, 1.807) is 0 Å². The number of nitrogens with two attached hydrogens (primary N) is 1. The summed E-state index contributed by atoms with van der Waals surface area (Å²) < 4.78 is 1.90. The Balaban J connectivity index is 1.97. The van der Waals surface area contributed by atoms with Gasteiger partial charge < -0.3 is 5.73 Å². The Morgan fingerprint density at radius 1 is 1.37 bits per heavy atom. The van der Waals surface area contributed by atoms with Gasteiger partial charge in [-0.15, -0.1) is 5.10 Å². The van der Waals surface area contributed by atoms with Gasteiger partial charge >= 0.3 is 0 Å². The maximum atomic E-state index is 6.05. The molecule has 3 rings (SSSR count). The topological polar surface area (TPSA) is 69.6 Å². The van der Waals surface area contributed by atoms with Crippen molar-refractivity contribution in [1.82, 2.24) is 20.2 Å². The highest BCUT2D eigenvalue weighted by Crippen LogP contribution is 2.50. The summed E-state index contributed by atoms with van der Waals surface area (Å²) in [5.41, 5.74) is 9.27. The highest BCUT2D eigenvalue weighted by atomic mass is 15.5. The van der Waals surface area contributed by atoms with Gasteiger partial charge in [-0.2, -0.15) is 0 Å². The Hall–Kier alpha value is -1.91. The summed E-state index contributed by atoms with van der Waals surface area (Å²) in [6, 6.07) is 5.96. The molecule has 5 nitrogen and oxygen atoms in total. The molecule has 0 amide bonds. The van der Waals surface area contributed by atoms with Crippen LogP contribution in [0, 0.1) is 12.3 Å². The van der Waals surface area contributed by atoms with Crippen LogP contribution in [0.1, 0.15) is 31.7 Å². The lowest BCUT2D eigenvalue weighted by atomic mass is 10.0. The number of nitrogen functional groups attached to an aromatic ring is 1. The van der Waals surface area contributed by atoms with Gasteiger partial charge in [0, 0.05) is 11.3 Å². The van der Waals surface area contributed by atoms with E-state index >= 15 is 0 Å². The number of anilines is 1. The number of aryl methyl sites for hydroxylation is 1. The van der Waals surface area contributed by atoms with E-state index in [0.29, 0.717) is 5.41 Å². The molecular weight excluding hydrogens is 238 g/mol. The summed E-state index contributed by atoms with van der Waals surface area (Å²) in [6.45, 7) is 5.17. The summed E-state index contributed by atoms with van der Waals surface area (Å²) in [6.07, 6.45) is 3.72. The highest BCUT2D eigenvalue weighted by molar-refractivity contribution is 5.72. The first-order valence-electron chi connectivity index (χ1n) is 6.76. The maximum Gasteiger partial charge on any atom is 0.184 e. The number of benzene rings is 1. The Morgan fingerprint density at radius 3 is 2.84 bits per heavy atom. The van der Waals surface area contributed by atoms with Crippen LogP contribution < -0.4 is 5.73 Å². The van der Waals surface area contributed by atoms with E-state index in [0.717, 1.165) is 29.2 Å². The molecule has 1 fully saturated rings. The van der Waals surface area contributed by atoms with Crippen molar-refractivity contribution in [2.75, 3.05) is 5.73 Å². The molecule has 1 saturated carbocycles. The average molecular weight is 257 g/mol. The average Bonchev–Trinajstić information content (AvgIpc) is 3.03. The molecule has 2 aromatic rings. The minimum absolute atomic E-state index is 0.405. The fourth-order valence-corrected chi connectivity index (χ4v) is 2.49. The highest BCUT2D eigenvalue weighted by Gasteiger charge is 2.41. The van der Waals surface area contributed by atoms with E-state index in [1.165, 1.54) is 19.3 Å². The van der Waals surface area contributed by atoms with Crippen LogP contribution in [0.15, 0.2) is 18.2 Å². The molecule has 0 aliphatic heterocycles. The van der Waals surface area contributed by atoms with Gasteiger partial charge in [0.1, 0.15) is 0 Å². The van der Waals surface area contributed by atoms with Crippen molar-refractivity contribution in [3.05, 3.63) is 23.8 Å². The number of hydrogen-bond acceptors (Lipinski definition) is 4. The van der Waals surface area contributed by atoms with E-state index in [2.05, 4.69) is 22.4 Å². The predicted molar refractivity (Wildman–Crippen MR) is 74.4 cm³/mol. The summed E-state index contributed by atoms with van der Waals surface area (Å²) >= 11 is 0. The third kappa shape index (κ3) is 2.20. The molecule has 0 atom stereocenters. The molecule has 0 radical (unpaired) electrons. The first-order chi connectivity index (χ1) is 9.13. The molecular formula is C14H19N5. The SMILES string of the molecule is CCC1(Cn2nnnc2-c2cc(C)ccc2N)CC1. The van der Waals surface area contributed by atoms with Crippen molar-refractivity contribution in [2.24, 2.45) is 5.41 Å².